The zero-order valence-corrected chi connectivity index (χ0v) is 13.2. The molecule has 2 nitrogen and oxygen atoms in total. The predicted octanol–water partition coefficient (Wildman–Crippen LogP) is 3.68. The summed E-state index contributed by atoms with van der Waals surface area (Å²) in [6.07, 6.45) is 1.19. The van der Waals surface area contributed by atoms with Crippen molar-refractivity contribution < 1.29 is 0 Å². The standard InChI is InChI=1S/C17H30N2/c1-6-19(14-16-10-8-7-9-11-16)15(2)12-13-18-17(3,4)5/h7-11,15,18H,6,12-14H2,1-5H3. The fourth-order valence-corrected chi connectivity index (χ4v) is 2.24. The first-order valence-corrected chi connectivity index (χ1v) is 7.45. The summed E-state index contributed by atoms with van der Waals surface area (Å²) >= 11 is 0. The Morgan fingerprint density at radius 2 is 1.79 bits per heavy atom. The first kappa shape index (κ1) is 16.2. The van der Waals surface area contributed by atoms with Crippen molar-refractivity contribution in [3.05, 3.63) is 35.9 Å². The highest BCUT2D eigenvalue weighted by Crippen LogP contribution is 2.10. The predicted molar refractivity (Wildman–Crippen MR) is 84.4 cm³/mol. The molecule has 0 aliphatic rings. The molecule has 1 aromatic carbocycles. The summed E-state index contributed by atoms with van der Waals surface area (Å²) in [5.41, 5.74) is 1.62. The number of nitrogens with one attached hydrogen (secondary N) is 1. The van der Waals surface area contributed by atoms with Crippen molar-refractivity contribution in [1.29, 1.82) is 0 Å². The molecule has 1 unspecified atom stereocenters. The quantitative estimate of drug-likeness (QED) is 0.806. The van der Waals surface area contributed by atoms with Crippen LogP contribution in [0.4, 0.5) is 0 Å². The monoisotopic (exact) mass is 262 g/mol. The molecule has 2 heteroatoms. The average Bonchev–Trinajstić information content (AvgIpc) is 2.35. The first-order valence-electron chi connectivity index (χ1n) is 7.45. The lowest BCUT2D eigenvalue weighted by Crippen LogP contribution is -2.40. The van der Waals surface area contributed by atoms with Crippen molar-refractivity contribution in [2.75, 3.05) is 13.1 Å². The van der Waals surface area contributed by atoms with Crippen LogP contribution in [0.5, 0.6) is 0 Å². The third-order valence-electron chi connectivity index (χ3n) is 3.48. The van der Waals surface area contributed by atoms with E-state index in [1.54, 1.807) is 0 Å². The highest BCUT2D eigenvalue weighted by molar-refractivity contribution is 5.14. The summed E-state index contributed by atoms with van der Waals surface area (Å²) in [7, 11) is 0. The van der Waals surface area contributed by atoms with Gasteiger partial charge < -0.3 is 5.32 Å². The van der Waals surface area contributed by atoms with Crippen LogP contribution in [0.25, 0.3) is 0 Å². The van der Waals surface area contributed by atoms with Crippen molar-refractivity contribution >= 4 is 0 Å². The summed E-state index contributed by atoms with van der Waals surface area (Å²) in [6, 6.07) is 11.4. The van der Waals surface area contributed by atoms with Gasteiger partial charge in [0, 0.05) is 18.1 Å². The molecule has 19 heavy (non-hydrogen) atoms. The lowest BCUT2D eigenvalue weighted by Gasteiger charge is -2.29. The van der Waals surface area contributed by atoms with Gasteiger partial charge in [-0.2, -0.15) is 0 Å². The first-order chi connectivity index (χ1) is 8.92. The Morgan fingerprint density at radius 1 is 1.16 bits per heavy atom. The Kier molecular flexibility index (Phi) is 6.53. The zero-order valence-electron chi connectivity index (χ0n) is 13.2. The maximum atomic E-state index is 3.57. The van der Waals surface area contributed by atoms with E-state index in [2.05, 4.69) is 75.2 Å². The lowest BCUT2D eigenvalue weighted by atomic mass is 10.1. The van der Waals surface area contributed by atoms with E-state index < -0.39 is 0 Å². The lowest BCUT2D eigenvalue weighted by molar-refractivity contribution is 0.197. The van der Waals surface area contributed by atoms with Crippen LogP contribution in [0.15, 0.2) is 30.3 Å². The van der Waals surface area contributed by atoms with E-state index in [0.717, 1.165) is 19.6 Å². The number of rotatable bonds is 7. The zero-order chi connectivity index (χ0) is 14.3. The average molecular weight is 262 g/mol. The van der Waals surface area contributed by atoms with E-state index in [-0.39, 0.29) is 5.54 Å². The van der Waals surface area contributed by atoms with Crippen LogP contribution in [0, 0.1) is 0 Å². The normalized spacial score (nSPS) is 13.8. The van der Waals surface area contributed by atoms with Gasteiger partial charge in [0.2, 0.25) is 0 Å². The van der Waals surface area contributed by atoms with Gasteiger partial charge in [-0.3, -0.25) is 4.90 Å². The molecule has 1 aromatic rings. The highest BCUT2D eigenvalue weighted by atomic mass is 15.1. The molecule has 0 bridgehead atoms. The minimum atomic E-state index is 0.218. The molecule has 0 radical (unpaired) electrons. The van der Waals surface area contributed by atoms with Gasteiger partial charge in [0.15, 0.2) is 0 Å². The molecule has 0 aliphatic carbocycles. The van der Waals surface area contributed by atoms with Crippen molar-refractivity contribution in [2.45, 2.75) is 59.2 Å². The molecule has 0 aromatic heterocycles. The largest absolute Gasteiger partial charge is 0.312 e. The minimum Gasteiger partial charge on any atom is -0.312 e. The van der Waals surface area contributed by atoms with Crippen LogP contribution in [0.2, 0.25) is 0 Å². The van der Waals surface area contributed by atoms with E-state index in [4.69, 9.17) is 0 Å². The van der Waals surface area contributed by atoms with Crippen molar-refractivity contribution in [2.24, 2.45) is 0 Å². The van der Waals surface area contributed by atoms with Crippen LogP contribution in [0.1, 0.15) is 46.6 Å². The summed E-state index contributed by atoms with van der Waals surface area (Å²) in [5.74, 6) is 0. The number of nitrogens with zero attached hydrogens (tertiary/aromatic N) is 1. The second kappa shape index (κ2) is 7.66. The van der Waals surface area contributed by atoms with Crippen LogP contribution in [0.3, 0.4) is 0 Å². The van der Waals surface area contributed by atoms with Gasteiger partial charge in [-0.15, -0.1) is 0 Å². The van der Waals surface area contributed by atoms with E-state index >= 15 is 0 Å². The van der Waals surface area contributed by atoms with Gasteiger partial charge in [-0.05, 0) is 52.8 Å². The molecule has 0 amide bonds. The van der Waals surface area contributed by atoms with Gasteiger partial charge in [-0.25, -0.2) is 0 Å². The third-order valence-corrected chi connectivity index (χ3v) is 3.48. The SMILES string of the molecule is CCN(Cc1ccccc1)C(C)CCNC(C)(C)C. The van der Waals surface area contributed by atoms with Gasteiger partial charge in [0.05, 0.1) is 0 Å². The topological polar surface area (TPSA) is 15.3 Å². The molecular formula is C17H30N2. The summed E-state index contributed by atoms with van der Waals surface area (Å²) in [6.45, 7) is 14.5. The Balaban J connectivity index is 2.41. The van der Waals surface area contributed by atoms with E-state index in [1.807, 2.05) is 0 Å². The van der Waals surface area contributed by atoms with Gasteiger partial charge in [0.25, 0.3) is 0 Å². The minimum absolute atomic E-state index is 0.218. The van der Waals surface area contributed by atoms with Gasteiger partial charge in [-0.1, -0.05) is 37.3 Å². The molecule has 0 fully saturated rings. The maximum absolute atomic E-state index is 3.57. The number of hydrogen-bond acceptors (Lipinski definition) is 2. The smallest absolute Gasteiger partial charge is 0.0236 e. The van der Waals surface area contributed by atoms with E-state index in [0.29, 0.717) is 6.04 Å². The van der Waals surface area contributed by atoms with Crippen molar-refractivity contribution in [3.8, 4) is 0 Å². The van der Waals surface area contributed by atoms with Crippen LogP contribution >= 0.6 is 0 Å². The Bertz CT molecular complexity index is 340. The molecule has 108 valence electrons. The fourth-order valence-electron chi connectivity index (χ4n) is 2.24. The molecule has 0 heterocycles. The van der Waals surface area contributed by atoms with Gasteiger partial charge in [0.1, 0.15) is 0 Å². The number of benzene rings is 1. The Morgan fingerprint density at radius 3 is 2.32 bits per heavy atom. The highest BCUT2D eigenvalue weighted by Gasteiger charge is 2.14. The molecule has 1 atom stereocenters. The molecule has 0 saturated carbocycles. The van der Waals surface area contributed by atoms with Crippen LogP contribution in [-0.2, 0) is 6.54 Å². The fraction of sp³-hybridized carbons (Fsp3) is 0.647. The molecule has 0 spiro atoms. The summed E-state index contributed by atoms with van der Waals surface area (Å²) in [5, 5.41) is 3.57. The van der Waals surface area contributed by atoms with Gasteiger partial charge >= 0.3 is 0 Å². The molecule has 0 aliphatic heterocycles. The van der Waals surface area contributed by atoms with Crippen LogP contribution < -0.4 is 5.32 Å². The van der Waals surface area contributed by atoms with Crippen molar-refractivity contribution in [1.82, 2.24) is 10.2 Å². The Labute approximate surface area is 119 Å². The van der Waals surface area contributed by atoms with E-state index in [9.17, 15) is 0 Å². The number of hydrogen-bond donors (Lipinski definition) is 1. The molecular weight excluding hydrogens is 232 g/mol. The summed E-state index contributed by atoms with van der Waals surface area (Å²) < 4.78 is 0. The van der Waals surface area contributed by atoms with Crippen LogP contribution in [-0.4, -0.2) is 29.6 Å². The molecule has 0 saturated heterocycles. The Hall–Kier alpha value is -0.860. The third kappa shape index (κ3) is 6.74. The maximum Gasteiger partial charge on any atom is 0.0236 e. The summed E-state index contributed by atoms with van der Waals surface area (Å²) in [4.78, 5) is 2.54. The van der Waals surface area contributed by atoms with Crippen molar-refractivity contribution in [3.63, 3.8) is 0 Å². The second-order valence-electron chi connectivity index (χ2n) is 6.36. The molecule has 1 N–H and O–H groups in total. The molecule has 1 rings (SSSR count). The second-order valence-corrected chi connectivity index (χ2v) is 6.36. The van der Waals surface area contributed by atoms with E-state index in [1.165, 1.54) is 12.0 Å².